The molecule has 0 saturated carbocycles. The van der Waals surface area contributed by atoms with Crippen molar-refractivity contribution in [3.05, 3.63) is 27.7 Å². The molecule has 1 saturated heterocycles. The average molecular weight is 327 g/mol. The second-order valence-electron chi connectivity index (χ2n) is 4.97. The highest BCUT2D eigenvalue weighted by Crippen LogP contribution is 2.25. The standard InChI is InChI=1S/C14H19BrN2O2/c1-8-4-10(5-9(2)13(8)15)17-14(18)12-6-11(19-3)7-16-12/h4-5,11-12,16H,6-7H2,1-3H3,(H,17,18). The zero-order chi connectivity index (χ0) is 14.0. The summed E-state index contributed by atoms with van der Waals surface area (Å²) in [6.07, 6.45) is 0.848. The van der Waals surface area contributed by atoms with Crippen molar-refractivity contribution in [3.63, 3.8) is 0 Å². The van der Waals surface area contributed by atoms with E-state index in [1.165, 1.54) is 0 Å². The van der Waals surface area contributed by atoms with Gasteiger partial charge < -0.3 is 15.4 Å². The number of aryl methyl sites for hydroxylation is 2. The lowest BCUT2D eigenvalue weighted by atomic mass is 10.1. The maximum absolute atomic E-state index is 12.1. The summed E-state index contributed by atoms with van der Waals surface area (Å²) in [7, 11) is 1.67. The molecule has 0 radical (unpaired) electrons. The molecular formula is C14H19BrN2O2. The predicted octanol–water partition coefficient (Wildman–Crippen LogP) is 2.38. The Morgan fingerprint density at radius 3 is 2.58 bits per heavy atom. The first-order valence-electron chi connectivity index (χ1n) is 6.35. The van der Waals surface area contributed by atoms with Crippen LogP contribution >= 0.6 is 15.9 Å². The zero-order valence-electron chi connectivity index (χ0n) is 11.4. The Balaban J connectivity index is 2.03. The highest BCUT2D eigenvalue weighted by atomic mass is 79.9. The van der Waals surface area contributed by atoms with E-state index in [9.17, 15) is 4.79 Å². The van der Waals surface area contributed by atoms with Crippen molar-refractivity contribution in [2.45, 2.75) is 32.4 Å². The van der Waals surface area contributed by atoms with Gasteiger partial charge in [-0.1, -0.05) is 15.9 Å². The number of anilines is 1. The number of amides is 1. The minimum absolute atomic E-state index is 0.000623. The van der Waals surface area contributed by atoms with Crippen molar-refractivity contribution in [2.75, 3.05) is 19.0 Å². The molecule has 1 aromatic rings. The van der Waals surface area contributed by atoms with E-state index in [0.717, 1.165) is 34.3 Å². The van der Waals surface area contributed by atoms with Crippen molar-refractivity contribution >= 4 is 27.5 Å². The monoisotopic (exact) mass is 326 g/mol. The Morgan fingerprint density at radius 2 is 2.05 bits per heavy atom. The summed E-state index contributed by atoms with van der Waals surface area (Å²) in [6, 6.07) is 3.77. The topological polar surface area (TPSA) is 50.4 Å². The molecule has 0 aliphatic carbocycles. The number of carbonyl (C=O) groups is 1. The molecule has 2 atom stereocenters. The van der Waals surface area contributed by atoms with Crippen LogP contribution in [0.15, 0.2) is 16.6 Å². The zero-order valence-corrected chi connectivity index (χ0v) is 13.0. The summed E-state index contributed by atoms with van der Waals surface area (Å²) in [5, 5.41) is 6.13. The minimum atomic E-state index is -0.172. The first-order chi connectivity index (χ1) is 9.01. The molecule has 2 unspecified atom stereocenters. The van der Waals surface area contributed by atoms with Crippen LogP contribution in [0.4, 0.5) is 5.69 Å². The van der Waals surface area contributed by atoms with Crippen LogP contribution < -0.4 is 10.6 Å². The molecule has 2 N–H and O–H groups in total. The quantitative estimate of drug-likeness (QED) is 0.896. The smallest absolute Gasteiger partial charge is 0.241 e. The molecular weight excluding hydrogens is 308 g/mol. The van der Waals surface area contributed by atoms with Crippen LogP contribution in [0.25, 0.3) is 0 Å². The number of hydrogen-bond acceptors (Lipinski definition) is 3. The number of hydrogen-bond donors (Lipinski definition) is 2. The summed E-state index contributed by atoms with van der Waals surface area (Å²) in [5.41, 5.74) is 3.07. The third-order valence-corrected chi connectivity index (χ3v) is 4.70. The molecule has 104 valence electrons. The summed E-state index contributed by atoms with van der Waals surface area (Å²) >= 11 is 3.52. The Morgan fingerprint density at radius 1 is 1.42 bits per heavy atom. The van der Waals surface area contributed by atoms with Crippen LogP contribution in [0.3, 0.4) is 0 Å². The first kappa shape index (κ1) is 14.5. The molecule has 1 aromatic carbocycles. The third kappa shape index (κ3) is 3.35. The molecule has 0 aromatic heterocycles. The van der Waals surface area contributed by atoms with Gasteiger partial charge in [-0.25, -0.2) is 0 Å². The molecule has 1 amide bonds. The maximum atomic E-state index is 12.1. The van der Waals surface area contributed by atoms with Crippen molar-refractivity contribution in [3.8, 4) is 0 Å². The first-order valence-corrected chi connectivity index (χ1v) is 7.14. The molecule has 1 fully saturated rings. The number of ether oxygens (including phenoxy) is 1. The van der Waals surface area contributed by atoms with Crippen LogP contribution in [0, 0.1) is 13.8 Å². The van der Waals surface area contributed by atoms with E-state index in [1.807, 2.05) is 26.0 Å². The fourth-order valence-electron chi connectivity index (χ4n) is 2.33. The van der Waals surface area contributed by atoms with E-state index < -0.39 is 0 Å². The van der Waals surface area contributed by atoms with Gasteiger partial charge in [0, 0.05) is 23.8 Å². The van der Waals surface area contributed by atoms with Crippen molar-refractivity contribution in [1.82, 2.24) is 5.32 Å². The Labute approximate surface area is 122 Å². The highest BCUT2D eigenvalue weighted by Gasteiger charge is 2.29. The largest absolute Gasteiger partial charge is 0.380 e. The van der Waals surface area contributed by atoms with Crippen LogP contribution in [-0.2, 0) is 9.53 Å². The molecule has 4 nitrogen and oxygen atoms in total. The molecule has 1 aliphatic heterocycles. The summed E-state index contributed by atoms with van der Waals surface area (Å²) in [5.74, 6) is 0.000623. The number of halogens is 1. The van der Waals surface area contributed by atoms with Gasteiger partial charge in [-0.15, -0.1) is 0 Å². The molecule has 5 heteroatoms. The van der Waals surface area contributed by atoms with E-state index in [1.54, 1.807) is 7.11 Å². The van der Waals surface area contributed by atoms with E-state index >= 15 is 0 Å². The fourth-order valence-corrected chi connectivity index (χ4v) is 2.56. The number of nitrogens with one attached hydrogen (secondary N) is 2. The molecule has 0 bridgehead atoms. The maximum Gasteiger partial charge on any atom is 0.241 e. The van der Waals surface area contributed by atoms with Gasteiger partial charge >= 0.3 is 0 Å². The third-order valence-electron chi connectivity index (χ3n) is 3.44. The summed E-state index contributed by atoms with van der Waals surface area (Å²) < 4.78 is 6.33. The number of benzene rings is 1. The molecule has 1 heterocycles. The number of carbonyl (C=O) groups excluding carboxylic acids is 1. The van der Waals surface area contributed by atoms with Crippen LogP contribution in [-0.4, -0.2) is 31.7 Å². The van der Waals surface area contributed by atoms with Gasteiger partial charge in [-0.3, -0.25) is 4.79 Å². The lowest BCUT2D eigenvalue weighted by molar-refractivity contribution is -0.118. The van der Waals surface area contributed by atoms with Gasteiger partial charge in [0.15, 0.2) is 0 Å². The van der Waals surface area contributed by atoms with Gasteiger partial charge in [0.1, 0.15) is 0 Å². The van der Waals surface area contributed by atoms with E-state index in [4.69, 9.17) is 4.74 Å². The molecule has 1 aliphatic rings. The van der Waals surface area contributed by atoms with E-state index in [-0.39, 0.29) is 18.1 Å². The number of methoxy groups -OCH3 is 1. The lowest BCUT2D eigenvalue weighted by Gasteiger charge is -2.13. The van der Waals surface area contributed by atoms with Gasteiger partial charge in [0.2, 0.25) is 5.91 Å². The summed E-state index contributed by atoms with van der Waals surface area (Å²) in [4.78, 5) is 12.1. The van der Waals surface area contributed by atoms with E-state index in [2.05, 4.69) is 26.6 Å². The van der Waals surface area contributed by atoms with Gasteiger partial charge in [0.05, 0.1) is 12.1 Å². The molecule has 2 rings (SSSR count). The van der Waals surface area contributed by atoms with Crippen molar-refractivity contribution in [1.29, 1.82) is 0 Å². The van der Waals surface area contributed by atoms with E-state index in [0.29, 0.717) is 0 Å². The highest BCUT2D eigenvalue weighted by molar-refractivity contribution is 9.10. The predicted molar refractivity (Wildman–Crippen MR) is 79.5 cm³/mol. The van der Waals surface area contributed by atoms with Gasteiger partial charge in [0.25, 0.3) is 0 Å². The Hall–Kier alpha value is -0.910. The van der Waals surface area contributed by atoms with Crippen molar-refractivity contribution < 1.29 is 9.53 Å². The Kier molecular flexibility index (Phi) is 4.60. The van der Waals surface area contributed by atoms with Crippen LogP contribution in [0.5, 0.6) is 0 Å². The van der Waals surface area contributed by atoms with Crippen LogP contribution in [0.1, 0.15) is 17.5 Å². The fraction of sp³-hybridized carbons (Fsp3) is 0.500. The molecule has 19 heavy (non-hydrogen) atoms. The second-order valence-corrected chi connectivity index (χ2v) is 5.76. The van der Waals surface area contributed by atoms with Gasteiger partial charge in [-0.2, -0.15) is 0 Å². The lowest BCUT2D eigenvalue weighted by Crippen LogP contribution is -2.35. The normalized spacial score (nSPS) is 22.5. The minimum Gasteiger partial charge on any atom is -0.380 e. The van der Waals surface area contributed by atoms with Gasteiger partial charge in [-0.05, 0) is 43.5 Å². The SMILES string of the molecule is COC1CNC(C(=O)Nc2cc(C)c(Br)c(C)c2)C1. The molecule has 0 spiro atoms. The second kappa shape index (κ2) is 6.03. The van der Waals surface area contributed by atoms with Crippen molar-refractivity contribution in [2.24, 2.45) is 0 Å². The Bertz CT molecular complexity index is 467. The average Bonchev–Trinajstić information content (AvgIpc) is 2.84. The number of rotatable bonds is 3. The summed E-state index contributed by atoms with van der Waals surface area (Å²) in [6.45, 7) is 4.76. The van der Waals surface area contributed by atoms with Crippen LogP contribution in [0.2, 0.25) is 0 Å².